The van der Waals surface area contributed by atoms with Gasteiger partial charge in [0.2, 0.25) is 11.8 Å². The smallest absolute Gasteiger partial charge is 0.326 e. The van der Waals surface area contributed by atoms with Crippen LogP contribution in [0.15, 0.2) is 18.2 Å². The molecule has 5 atom stereocenters. The molecule has 0 radical (unpaired) electrons. The van der Waals surface area contributed by atoms with Crippen LogP contribution in [0.3, 0.4) is 0 Å². The Kier molecular flexibility index (Phi) is 17.4. The van der Waals surface area contributed by atoms with Crippen LogP contribution in [-0.2, 0) is 30.4 Å². The van der Waals surface area contributed by atoms with Gasteiger partial charge < -0.3 is 36.4 Å². The number of hydrogen-bond donors (Lipinski definition) is 6. The number of carboxylic acids is 2. The molecule has 43 heavy (non-hydrogen) atoms. The Morgan fingerprint density at radius 1 is 1.02 bits per heavy atom. The molecule has 0 aliphatic carbocycles. The molecule has 5 unspecified atom stereocenters. The molecule has 1 aromatic carbocycles. The molecule has 0 aromatic heterocycles. The van der Waals surface area contributed by atoms with E-state index >= 15 is 0 Å². The van der Waals surface area contributed by atoms with Crippen molar-refractivity contribution in [3.8, 4) is 11.5 Å². The Morgan fingerprint density at radius 2 is 1.72 bits per heavy atom. The summed E-state index contributed by atoms with van der Waals surface area (Å²) in [6, 6.07) is 1.12. The Morgan fingerprint density at radius 3 is 2.30 bits per heavy atom. The summed E-state index contributed by atoms with van der Waals surface area (Å²) in [5.74, 6) is -4.01. The quantitative estimate of drug-likeness (QED) is 0.103. The number of methoxy groups -OCH3 is 1. The average molecular weight is 626 g/mol. The van der Waals surface area contributed by atoms with Crippen molar-refractivity contribution in [2.45, 2.75) is 102 Å². The van der Waals surface area contributed by atoms with Gasteiger partial charge >= 0.3 is 11.9 Å². The first kappa shape index (κ1) is 37.7. The third kappa shape index (κ3) is 14.1. The summed E-state index contributed by atoms with van der Waals surface area (Å²) in [6.45, 7) is 5.55. The van der Waals surface area contributed by atoms with Gasteiger partial charge in [-0.2, -0.15) is 11.8 Å². The largest absolute Gasteiger partial charge is 0.504 e. The molecule has 7 N–H and O–H groups in total. The van der Waals surface area contributed by atoms with E-state index < -0.39 is 48.3 Å². The number of rotatable bonds is 22. The molecule has 13 heteroatoms. The van der Waals surface area contributed by atoms with Crippen LogP contribution in [0, 0.1) is 5.92 Å². The molecule has 0 heterocycles. The van der Waals surface area contributed by atoms with E-state index in [1.54, 1.807) is 26.0 Å². The number of unbranched alkanes of at least 4 members (excludes halogenated alkanes) is 2. The number of ketones is 1. The zero-order chi connectivity index (χ0) is 32.5. The number of aromatic hydroxyl groups is 1. The normalized spacial score (nSPS) is 14.5. The Labute approximate surface area is 257 Å². The maximum atomic E-state index is 13.2. The predicted octanol–water partition coefficient (Wildman–Crippen LogP) is 2.88. The third-order valence-corrected chi connectivity index (χ3v) is 8.57. The maximum absolute atomic E-state index is 13.2. The topological polar surface area (TPSA) is 205 Å². The number of aryl methyl sites for hydroxylation is 1. The molecule has 12 nitrogen and oxygen atoms in total. The van der Waals surface area contributed by atoms with Gasteiger partial charge in [-0.15, -0.1) is 0 Å². The van der Waals surface area contributed by atoms with Crippen molar-refractivity contribution in [1.82, 2.24) is 10.6 Å². The summed E-state index contributed by atoms with van der Waals surface area (Å²) in [5, 5.41) is 33.4. The molecule has 0 bridgehead atoms. The third-order valence-electron chi connectivity index (χ3n) is 7.17. The fourth-order valence-electron chi connectivity index (χ4n) is 4.28. The predicted molar refractivity (Wildman–Crippen MR) is 164 cm³/mol. The molecule has 0 saturated heterocycles. The number of amides is 2. The van der Waals surface area contributed by atoms with Crippen LogP contribution in [0.25, 0.3) is 0 Å². The number of benzene rings is 1. The molecule has 1 aromatic rings. The highest BCUT2D eigenvalue weighted by Gasteiger charge is 2.31. The molecule has 0 aliphatic rings. The molecule has 2 amide bonds. The van der Waals surface area contributed by atoms with E-state index in [0.29, 0.717) is 25.0 Å². The van der Waals surface area contributed by atoms with Crippen LogP contribution in [-0.4, -0.2) is 81.1 Å². The SMILES string of the molecule is CCCCCC(CC(=O)CCc1ccc(O)c(OC)c1)SCC(NC(=O)CC(N)C(=O)O)C(=O)NC(C(=O)O)C(C)CC. The number of carboxylic acid groups (broad SMARTS) is 2. The van der Waals surface area contributed by atoms with E-state index in [1.165, 1.54) is 24.9 Å². The molecule has 1 rings (SSSR count). The second kappa shape index (κ2) is 19.8. The number of thioether (sulfide) groups is 1. The van der Waals surface area contributed by atoms with Crippen molar-refractivity contribution in [1.29, 1.82) is 0 Å². The minimum absolute atomic E-state index is 0.0133. The fourth-order valence-corrected chi connectivity index (χ4v) is 5.61. The van der Waals surface area contributed by atoms with Crippen molar-refractivity contribution in [2.75, 3.05) is 12.9 Å². The standard InChI is InChI=1S/C30H47N3O9S/c1-5-7-8-9-21(15-20(34)12-10-19-11-13-24(35)25(14-19)42-4)43-17-23(32-26(36)16-22(31)29(38)39)28(37)33-27(30(40)41)18(3)6-2/h11,13-14,18,21-23,27,35H,5-10,12,15-17,31H2,1-4H3,(H,32,36)(H,33,37)(H,38,39)(H,40,41). The molecule has 0 aliphatic heterocycles. The second-order valence-electron chi connectivity index (χ2n) is 10.7. The van der Waals surface area contributed by atoms with E-state index in [4.69, 9.17) is 15.6 Å². The second-order valence-corrected chi connectivity index (χ2v) is 12.0. The van der Waals surface area contributed by atoms with Crippen LogP contribution < -0.4 is 21.1 Å². The monoisotopic (exact) mass is 625 g/mol. The van der Waals surface area contributed by atoms with Gasteiger partial charge in [-0.25, -0.2) is 4.79 Å². The minimum atomic E-state index is -1.46. The zero-order valence-electron chi connectivity index (χ0n) is 25.5. The van der Waals surface area contributed by atoms with Crippen LogP contribution in [0.2, 0.25) is 0 Å². The first-order chi connectivity index (χ1) is 20.3. The number of carbonyl (C=O) groups is 5. The van der Waals surface area contributed by atoms with Gasteiger partial charge in [-0.05, 0) is 36.5 Å². The highest BCUT2D eigenvalue weighted by atomic mass is 32.2. The lowest BCUT2D eigenvalue weighted by Gasteiger charge is -2.25. The summed E-state index contributed by atoms with van der Waals surface area (Å²) in [5.41, 5.74) is 6.33. The van der Waals surface area contributed by atoms with Crippen LogP contribution >= 0.6 is 11.8 Å². The number of nitrogens with two attached hydrogens (primary N) is 1. The van der Waals surface area contributed by atoms with Gasteiger partial charge in [0.05, 0.1) is 13.5 Å². The van der Waals surface area contributed by atoms with Crippen molar-refractivity contribution >= 4 is 41.3 Å². The van der Waals surface area contributed by atoms with Gasteiger partial charge in [-0.3, -0.25) is 19.2 Å². The number of Topliss-reactive ketones (excluding diaryl/α,β-unsaturated/α-hetero) is 1. The van der Waals surface area contributed by atoms with Crippen LogP contribution in [0.1, 0.15) is 77.7 Å². The van der Waals surface area contributed by atoms with Gasteiger partial charge in [0.15, 0.2) is 11.5 Å². The van der Waals surface area contributed by atoms with Gasteiger partial charge in [0, 0.05) is 23.8 Å². The summed E-state index contributed by atoms with van der Waals surface area (Å²) in [6.07, 6.45) is 4.40. The summed E-state index contributed by atoms with van der Waals surface area (Å²) < 4.78 is 5.13. The average Bonchev–Trinajstić information content (AvgIpc) is 2.96. The summed E-state index contributed by atoms with van der Waals surface area (Å²) >= 11 is 1.34. The number of aliphatic carboxylic acids is 2. The summed E-state index contributed by atoms with van der Waals surface area (Å²) in [4.78, 5) is 61.7. The van der Waals surface area contributed by atoms with Crippen molar-refractivity contribution < 1.29 is 44.0 Å². The first-order valence-electron chi connectivity index (χ1n) is 14.6. The lowest BCUT2D eigenvalue weighted by Crippen LogP contribution is -2.55. The highest BCUT2D eigenvalue weighted by Crippen LogP contribution is 2.28. The molecule has 0 fully saturated rings. The van der Waals surface area contributed by atoms with Crippen LogP contribution in [0.4, 0.5) is 0 Å². The number of phenolic OH excluding ortho intramolecular Hbond substituents is 1. The van der Waals surface area contributed by atoms with Gasteiger partial charge in [0.1, 0.15) is 23.9 Å². The Hall–Kier alpha value is -3.32. The number of carbonyl (C=O) groups excluding carboxylic acids is 3. The fraction of sp³-hybridized carbons (Fsp3) is 0.633. The number of ether oxygens (including phenoxy) is 1. The molecular formula is C30H47N3O9S. The zero-order valence-corrected chi connectivity index (χ0v) is 26.3. The Bertz CT molecular complexity index is 1080. The van der Waals surface area contributed by atoms with Crippen molar-refractivity contribution in [3.63, 3.8) is 0 Å². The first-order valence-corrected chi connectivity index (χ1v) is 15.7. The van der Waals surface area contributed by atoms with Gasteiger partial charge in [0.25, 0.3) is 0 Å². The van der Waals surface area contributed by atoms with Gasteiger partial charge in [-0.1, -0.05) is 52.5 Å². The van der Waals surface area contributed by atoms with E-state index in [-0.39, 0.29) is 41.3 Å². The Balaban J connectivity index is 3.01. The van der Waals surface area contributed by atoms with E-state index in [1.807, 2.05) is 0 Å². The molecule has 0 spiro atoms. The highest BCUT2D eigenvalue weighted by molar-refractivity contribution is 8.00. The van der Waals surface area contributed by atoms with Crippen molar-refractivity contribution in [2.24, 2.45) is 11.7 Å². The number of phenols is 1. The number of nitrogens with one attached hydrogen (secondary N) is 2. The van der Waals surface area contributed by atoms with E-state index in [2.05, 4.69) is 17.6 Å². The van der Waals surface area contributed by atoms with E-state index in [0.717, 1.165) is 24.8 Å². The maximum Gasteiger partial charge on any atom is 0.326 e. The minimum Gasteiger partial charge on any atom is -0.504 e. The molecule has 0 saturated carbocycles. The van der Waals surface area contributed by atoms with E-state index in [9.17, 15) is 34.2 Å². The molecule has 242 valence electrons. The number of hydrogen-bond acceptors (Lipinski definition) is 9. The van der Waals surface area contributed by atoms with Crippen LogP contribution in [0.5, 0.6) is 11.5 Å². The van der Waals surface area contributed by atoms with Crippen molar-refractivity contribution in [3.05, 3.63) is 23.8 Å². The lowest BCUT2D eigenvalue weighted by molar-refractivity contribution is -0.144. The lowest BCUT2D eigenvalue weighted by atomic mass is 9.99. The molecular weight excluding hydrogens is 578 g/mol. The summed E-state index contributed by atoms with van der Waals surface area (Å²) in [7, 11) is 1.45.